The molecule has 1 rings (SSSR count). The van der Waals surface area contributed by atoms with E-state index in [4.69, 9.17) is 9.84 Å². The fourth-order valence-electron chi connectivity index (χ4n) is 2.63. The summed E-state index contributed by atoms with van der Waals surface area (Å²) in [5.41, 5.74) is 0. The van der Waals surface area contributed by atoms with Gasteiger partial charge in [0, 0.05) is 13.1 Å². The molecule has 116 valence electrons. The molecule has 0 aliphatic carbocycles. The molecule has 6 heteroatoms. The van der Waals surface area contributed by atoms with Crippen molar-refractivity contribution < 1.29 is 19.4 Å². The number of morpholine rings is 1. The van der Waals surface area contributed by atoms with Gasteiger partial charge in [-0.05, 0) is 12.8 Å². The number of rotatable bonds is 7. The molecule has 1 saturated heterocycles. The van der Waals surface area contributed by atoms with E-state index in [1.165, 1.54) is 6.92 Å². The Morgan fingerprint density at radius 2 is 1.80 bits per heavy atom. The van der Waals surface area contributed by atoms with Crippen LogP contribution in [0.5, 0.6) is 0 Å². The number of ether oxygens (including phenoxy) is 1. The maximum Gasteiger partial charge on any atom is 0.325 e. The van der Waals surface area contributed by atoms with Crippen molar-refractivity contribution in [1.29, 1.82) is 0 Å². The van der Waals surface area contributed by atoms with Crippen LogP contribution >= 0.6 is 0 Å². The summed E-state index contributed by atoms with van der Waals surface area (Å²) in [7, 11) is 0. The van der Waals surface area contributed by atoms with Crippen LogP contribution in [0.1, 0.15) is 33.6 Å². The highest BCUT2D eigenvalue weighted by Crippen LogP contribution is 2.20. The Morgan fingerprint density at radius 3 is 2.25 bits per heavy atom. The van der Waals surface area contributed by atoms with Gasteiger partial charge in [0.15, 0.2) is 0 Å². The van der Waals surface area contributed by atoms with Crippen LogP contribution in [-0.2, 0) is 14.3 Å². The molecule has 6 nitrogen and oxygen atoms in total. The predicted octanol–water partition coefficient (Wildman–Crippen LogP) is 0.713. The number of hydrogen-bond donors (Lipinski definition) is 2. The quantitative estimate of drug-likeness (QED) is 0.721. The van der Waals surface area contributed by atoms with Gasteiger partial charge in [-0.25, -0.2) is 0 Å². The molecule has 0 aromatic carbocycles. The summed E-state index contributed by atoms with van der Waals surface area (Å²) in [5, 5.41) is 11.5. The van der Waals surface area contributed by atoms with Gasteiger partial charge in [0.2, 0.25) is 5.91 Å². The minimum atomic E-state index is -1.01. The molecular formula is C14H26N2O4. The SMILES string of the molecule is CCC(CC)C(C(=O)N[C@H](C)C(=O)O)N1CCOCC1. The van der Waals surface area contributed by atoms with Gasteiger partial charge in [0.25, 0.3) is 0 Å². The van der Waals surface area contributed by atoms with Crippen LogP contribution in [0.15, 0.2) is 0 Å². The molecule has 2 atom stereocenters. The zero-order valence-corrected chi connectivity index (χ0v) is 12.6. The molecule has 0 bridgehead atoms. The highest BCUT2D eigenvalue weighted by Gasteiger charge is 2.33. The van der Waals surface area contributed by atoms with E-state index in [-0.39, 0.29) is 17.9 Å². The van der Waals surface area contributed by atoms with E-state index in [2.05, 4.69) is 24.1 Å². The minimum Gasteiger partial charge on any atom is -0.480 e. The molecule has 20 heavy (non-hydrogen) atoms. The number of carboxylic acids is 1. The van der Waals surface area contributed by atoms with Gasteiger partial charge in [0.1, 0.15) is 6.04 Å². The normalized spacial score (nSPS) is 19.6. The average molecular weight is 286 g/mol. The van der Waals surface area contributed by atoms with Crippen molar-refractivity contribution in [2.24, 2.45) is 5.92 Å². The van der Waals surface area contributed by atoms with Gasteiger partial charge in [-0.15, -0.1) is 0 Å². The van der Waals surface area contributed by atoms with Crippen LogP contribution in [0.3, 0.4) is 0 Å². The third-order valence-electron chi connectivity index (χ3n) is 3.93. The first-order valence-corrected chi connectivity index (χ1v) is 7.36. The lowest BCUT2D eigenvalue weighted by Gasteiger charge is -2.37. The number of aliphatic carboxylic acids is 1. The molecule has 1 amide bonds. The van der Waals surface area contributed by atoms with Gasteiger partial charge in [-0.3, -0.25) is 14.5 Å². The van der Waals surface area contributed by atoms with Gasteiger partial charge >= 0.3 is 5.97 Å². The van der Waals surface area contributed by atoms with Crippen molar-refractivity contribution in [3.8, 4) is 0 Å². The zero-order valence-electron chi connectivity index (χ0n) is 12.6. The Labute approximate surface area is 120 Å². The second-order valence-corrected chi connectivity index (χ2v) is 5.24. The van der Waals surface area contributed by atoms with E-state index in [0.717, 1.165) is 25.9 Å². The van der Waals surface area contributed by atoms with E-state index in [1.54, 1.807) is 0 Å². The minimum absolute atomic E-state index is 0.185. The maximum atomic E-state index is 12.5. The first-order valence-electron chi connectivity index (χ1n) is 7.36. The van der Waals surface area contributed by atoms with Crippen molar-refractivity contribution >= 4 is 11.9 Å². The van der Waals surface area contributed by atoms with Crippen LogP contribution in [0.4, 0.5) is 0 Å². The van der Waals surface area contributed by atoms with E-state index < -0.39 is 12.0 Å². The lowest BCUT2D eigenvalue weighted by atomic mass is 9.91. The van der Waals surface area contributed by atoms with Crippen molar-refractivity contribution in [3.63, 3.8) is 0 Å². The molecule has 1 aliphatic heterocycles. The molecule has 1 unspecified atom stereocenters. The third-order valence-corrected chi connectivity index (χ3v) is 3.93. The molecule has 2 N–H and O–H groups in total. The van der Waals surface area contributed by atoms with Crippen LogP contribution in [-0.4, -0.2) is 60.3 Å². The van der Waals surface area contributed by atoms with E-state index in [1.807, 2.05) is 0 Å². The molecule has 1 aliphatic rings. The van der Waals surface area contributed by atoms with Gasteiger partial charge in [0.05, 0.1) is 19.3 Å². The number of nitrogens with zero attached hydrogens (tertiary/aromatic N) is 1. The summed E-state index contributed by atoms with van der Waals surface area (Å²) in [5.74, 6) is -0.965. The first-order chi connectivity index (χ1) is 9.51. The van der Waals surface area contributed by atoms with Gasteiger partial charge < -0.3 is 15.2 Å². The highest BCUT2D eigenvalue weighted by atomic mass is 16.5. The third kappa shape index (κ3) is 4.45. The Hall–Kier alpha value is -1.14. The van der Waals surface area contributed by atoms with Crippen LogP contribution in [0, 0.1) is 5.92 Å². The highest BCUT2D eigenvalue weighted by molar-refractivity contribution is 5.87. The number of carbonyl (C=O) groups is 2. The van der Waals surface area contributed by atoms with Crippen LogP contribution < -0.4 is 5.32 Å². The fraction of sp³-hybridized carbons (Fsp3) is 0.857. The number of amides is 1. The van der Waals surface area contributed by atoms with Crippen molar-refractivity contribution in [2.75, 3.05) is 26.3 Å². The second kappa shape index (κ2) is 8.21. The smallest absolute Gasteiger partial charge is 0.325 e. The first kappa shape index (κ1) is 16.9. The van der Waals surface area contributed by atoms with Crippen molar-refractivity contribution in [1.82, 2.24) is 10.2 Å². The number of carbonyl (C=O) groups excluding carboxylic acids is 1. The second-order valence-electron chi connectivity index (χ2n) is 5.24. The Balaban J connectivity index is 2.79. The Kier molecular flexibility index (Phi) is 6.95. The molecule has 1 heterocycles. The monoisotopic (exact) mass is 286 g/mol. The molecular weight excluding hydrogens is 260 g/mol. The standard InChI is InChI=1S/C14H26N2O4/c1-4-11(5-2)12(16-6-8-20-9-7-16)13(17)15-10(3)14(18)19/h10-12H,4-9H2,1-3H3,(H,15,17)(H,18,19)/t10-,12?/m1/s1. The van der Waals surface area contributed by atoms with Gasteiger partial charge in [-0.2, -0.15) is 0 Å². The van der Waals surface area contributed by atoms with E-state index in [9.17, 15) is 9.59 Å². The molecule has 0 aromatic heterocycles. The fourth-order valence-corrected chi connectivity index (χ4v) is 2.63. The Morgan fingerprint density at radius 1 is 1.25 bits per heavy atom. The summed E-state index contributed by atoms with van der Waals surface area (Å²) < 4.78 is 5.33. The molecule has 0 saturated carbocycles. The number of hydrogen-bond acceptors (Lipinski definition) is 4. The van der Waals surface area contributed by atoms with Crippen LogP contribution in [0.25, 0.3) is 0 Å². The van der Waals surface area contributed by atoms with Gasteiger partial charge in [-0.1, -0.05) is 26.7 Å². The summed E-state index contributed by atoms with van der Waals surface area (Å²) >= 11 is 0. The number of carboxylic acid groups (broad SMARTS) is 1. The molecule has 0 spiro atoms. The van der Waals surface area contributed by atoms with Crippen molar-refractivity contribution in [2.45, 2.75) is 45.7 Å². The molecule has 0 radical (unpaired) electrons. The topological polar surface area (TPSA) is 78.9 Å². The summed E-state index contributed by atoms with van der Waals surface area (Å²) in [6, 6.07) is -1.13. The number of nitrogens with one attached hydrogen (secondary N) is 1. The predicted molar refractivity (Wildman–Crippen MR) is 75.5 cm³/mol. The maximum absolute atomic E-state index is 12.5. The lowest BCUT2D eigenvalue weighted by molar-refractivity contribution is -0.143. The van der Waals surface area contributed by atoms with Crippen molar-refractivity contribution in [3.05, 3.63) is 0 Å². The average Bonchev–Trinajstić information content (AvgIpc) is 2.45. The largest absolute Gasteiger partial charge is 0.480 e. The zero-order chi connectivity index (χ0) is 15.1. The molecule has 0 aromatic rings. The van der Waals surface area contributed by atoms with Crippen LogP contribution in [0.2, 0.25) is 0 Å². The molecule has 1 fully saturated rings. The summed E-state index contributed by atoms with van der Waals surface area (Å²) in [4.78, 5) is 25.5. The summed E-state index contributed by atoms with van der Waals surface area (Å²) in [6.07, 6.45) is 1.79. The lowest BCUT2D eigenvalue weighted by Crippen LogP contribution is -2.56. The Bertz CT molecular complexity index is 325. The van der Waals surface area contributed by atoms with E-state index >= 15 is 0 Å². The summed E-state index contributed by atoms with van der Waals surface area (Å²) in [6.45, 7) is 8.30. The van der Waals surface area contributed by atoms with E-state index in [0.29, 0.717) is 13.2 Å².